The number of aromatic nitrogens is 4. The van der Waals surface area contributed by atoms with Crippen LogP contribution >= 0.6 is 11.6 Å². The van der Waals surface area contributed by atoms with E-state index < -0.39 is 0 Å². The summed E-state index contributed by atoms with van der Waals surface area (Å²) in [4.78, 5) is 32.4. The Morgan fingerprint density at radius 1 is 1.05 bits per heavy atom. The van der Waals surface area contributed by atoms with E-state index in [1.165, 1.54) is 50.4 Å². The van der Waals surface area contributed by atoms with E-state index in [2.05, 4.69) is 33.8 Å². The number of rotatable bonds is 2. The molecule has 2 aromatic heterocycles. The highest BCUT2D eigenvalue weighted by atomic mass is 35.5. The van der Waals surface area contributed by atoms with E-state index in [-0.39, 0.29) is 16.1 Å². The third kappa shape index (κ3) is 14.5. The van der Waals surface area contributed by atoms with Crippen LogP contribution in [0.4, 0.5) is 0 Å². The van der Waals surface area contributed by atoms with Crippen LogP contribution < -0.4 is 11.1 Å². The Kier molecular flexibility index (Phi) is 17.4. The molecule has 22 heavy (non-hydrogen) atoms. The van der Waals surface area contributed by atoms with Crippen molar-refractivity contribution in [2.24, 2.45) is 0 Å². The molecular weight excluding hydrogens is 304 g/mol. The van der Waals surface area contributed by atoms with Crippen molar-refractivity contribution in [3.63, 3.8) is 0 Å². The Hall–Kier alpha value is -1.95. The number of hydrogen-bond acceptors (Lipinski definition) is 4. The van der Waals surface area contributed by atoms with Crippen LogP contribution in [0, 0.1) is 0 Å². The van der Waals surface area contributed by atoms with E-state index in [1.54, 1.807) is 0 Å². The monoisotopic (exact) mass is 328 g/mol. The smallest absolute Gasteiger partial charge is 0.269 e. The molecule has 0 aromatic carbocycles. The molecular formula is C15H25ClN4O2. The first-order chi connectivity index (χ1) is 10.6. The average molecular weight is 329 g/mol. The second kappa shape index (κ2) is 17.1. The molecule has 2 N–H and O–H groups in total. The summed E-state index contributed by atoms with van der Waals surface area (Å²) >= 11 is 5.30. The van der Waals surface area contributed by atoms with E-state index >= 15 is 0 Å². The number of hydrogen-bond donors (Lipinski definition) is 2. The maximum absolute atomic E-state index is 10.4. The van der Waals surface area contributed by atoms with E-state index in [9.17, 15) is 9.59 Å². The summed E-state index contributed by atoms with van der Waals surface area (Å²) in [7, 11) is 0. The lowest BCUT2D eigenvalue weighted by Gasteiger charge is -1.80. The van der Waals surface area contributed by atoms with Crippen molar-refractivity contribution in [3.8, 4) is 0 Å². The van der Waals surface area contributed by atoms with Crippen LogP contribution in [0.25, 0.3) is 0 Å². The van der Waals surface area contributed by atoms with Gasteiger partial charge in [0, 0.05) is 12.3 Å². The molecule has 0 bridgehead atoms. The normalized spacial score (nSPS) is 8.23. The summed E-state index contributed by atoms with van der Waals surface area (Å²) in [5.41, 5.74) is -0.420. The molecule has 0 aliphatic rings. The van der Waals surface area contributed by atoms with Crippen LogP contribution in [0.2, 0.25) is 5.02 Å². The molecule has 0 aliphatic carbocycles. The third-order valence-electron chi connectivity index (χ3n) is 1.98. The number of nitrogens with zero attached hydrogens (tertiary/aromatic N) is 2. The van der Waals surface area contributed by atoms with Gasteiger partial charge in [0.15, 0.2) is 0 Å². The SMILES string of the molecule is CC.CCCCC.O=c1[nH]cncc1Cl.O=c1ccnc[nH]1. The summed E-state index contributed by atoms with van der Waals surface area (Å²) < 4.78 is 0. The highest BCUT2D eigenvalue weighted by molar-refractivity contribution is 6.30. The summed E-state index contributed by atoms with van der Waals surface area (Å²) in [6, 6.07) is 1.36. The molecule has 124 valence electrons. The minimum atomic E-state index is -0.304. The number of halogens is 1. The van der Waals surface area contributed by atoms with Crippen LogP contribution in [-0.2, 0) is 0 Å². The van der Waals surface area contributed by atoms with Crippen LogP contribution in [0.15, 0.2) is 40.7 Å². The zero-order valence-corrected chi connectivity index (χ0v) is 14.4. The Labute approximate surface area is 136 Å². The molecule has 0 saturated carbocycles. The predicted molar refractivity (Wildman–Crippen MR) is 91.3 cm³/mol. The van der Waals surface area contributed by atoms with Crippen molar-refractivity contribution >= 4 is 11.6 Å². The zero-order chi connectivity index (χ0) is 17.2. The largest absolute Gasteiger partial charge is 0.313 e. The predicted octanol–water partition coefficient (Wildman–Crippen LogP) is 3.42. The van der Waals surface area contributed by atoms with Crippen molar-refractivity contribution in [2.75, 3.05) is 0 Å². The topological polar surface area (TPSA) is 91.5 Å². The molecule has 0 saturated heterocycles. The quantitative estimate of drug-likeness (QED) is 0.883. The highest BCUT2D eigenvalue weighted by Gasteiger charge is 1.88. The number of H-pyrrole nitrogens is 2. The summed E-state index contributed by atoms with van der Waals surface area (Å²) in [6.45, 7) is 8.42. The van der Waals surface area contributed by atoms with Gasteiger partial charge in [-0.2, -0.15) is 0 Å². The standard InChI is InChI=1S/C5H12.C4H3ClN2O.C4H4N2O.C2H6/c1-3-5-4-2;5-3-1-6-2-7-4(3)8;7-4-1-2-5-3-6-4;1-2/h3-5H2,1-2H3;1-2H,(H,6,7,8);1-3H,(H,5,6,7);1-2H3. The molecule has 2 heterocycles. The Bertz CT molecular complexity index is 550. The fourth-order valence-electron chi connectivity index (χ4n) is 0.982. The van der Waals surface area contributed by atoms with Gasteiger partial charge in [-0.1, -0.05) is 58.6 Å². The third-order valence-corrected chi connectivity index (χ3v) is 2.24. The zero-order valence-electron chi connectivity index (χ0n) is 13.6. The molecule has 0 radical (unpaired) electrons. The van der Waals surface area contributed by atoms with E-state index in [0.717, 1.165) is 0 Å². The number of unbranched alkanes of at least 4 members (excludes halogenated alkanes) is 2. The molecule has 0 aliphatic heterocycles. The van der Waals surface area contributed by atoms with Crippen LogP contribution in [0.1, 0.15) is 47.0 Å². The molecule has 0 spiro atoms. The van der Waals surface area contributed by atoms with Gasteiger partial charge in [-0.25, -0.2) is 9.97 Å². The van der Waals surface area contributed by atoms with Gasteiger partial charge in [-0.05, 0) is 0 Å². The van der Waals surface area contributed by atoms with Crippen LogP contribution in [0.5, 0.6) is 0 Å². The lowest BCUT2D eigenvalue weighted by atomic mass is 10.3. The molecule has 0 fully saturated rings. The maximum Gasteiger partial charge on any atom is 0.269 e. The molecule has 0 amide bonds. The number of nitrogens with one attached hydrogen (secondary N) is 2. The minimum absolute atomic E-state index is 0.116. The molecule has 7 heteroatoms. The highest BCUT2D eigenvalue weighted by Crippen LogP contribution is 1.91. The second-order valence-corrected chi connectivity index (χ2v) is 4.09. The molecule has 2 rings (SSSR count). The van der Waals surface area contributed by atoms with Crippen molar-refractivity contribution in [2.45, 2.75) is 47.0 Å². The van der Waals surface area contributed by atoms with Gasteiger partial charge >= 0.3 is 0 Å². The van der Waals surface area contributed by atoms with Gasteiger partial charge in [0.25, 0.3) is 11.1 Å². The minimum Gasteiger partial charge on any atom is -0.313 e. The van der Waals surface area contributed by atoms with E-state index in [1.807, 2.05) is 13.8 Å². The molecule has 0 unspecified atom stereocenters. The Morgan fingerprint density at radius 2 is 1.64 bits per heavy atom. The van der Waals surface area contributed by atoms with E-state index in [0.29, 0.717) is 0 Å². The fourth-order valence-corrected chi connectivity index (χ4v) is 1.09. The van der Waals surface area contributed by atoms with Gasteiger partial charge in [-0.15, -0.1) is 0 Å². The van der Waals surface area contributed by atoms with Crippen molar-refractivity contribution in [1.82, 2.24) is 19.9 Å². The first-order valence-corrected chi connectivity index (χ1v) is 7.66. The Morgan fingerprint density at radius 3 is 1.86 bits per heavy atom. The molecule has 0 atom stereocenters. The van der Waals surface area contributed by atoms with Crippen molar-refractivity contribution < 1.29 is 0 Å². The first kappa shape index (κ1) is 22.3. The van der Waals surface area contributed by atoms with Gasteiger partial charge in [-0.3, -0.25) is 9.59 Å². The lowest BCUT2D eigenvalue weighted by molar-refractivity contribution is 0.772. The summed E-state index contributed by atoms with van der Waals surface area (Å²) in [5.74, 6) is 0. The summed E-state index contributed by atoms with van der Waals surface area (Å²) in [5, 5.41) is 0.118. The first-order valence-electron chi connectivity index (χ1n) is 7.28. The average Bonchev–Trinajstić information content (AvgIpc) is 2.55. The van der Waals surface area contributed by atoms with Gasteiger partial charge in [0.05, 0.1) is 18.9 Å². The maximum atomic E-state index is 10.4. The molecule has 6 nitrogen and oxygen atoms in total. The molecule has 2 aromatic rings. The number of aromatic amines is 2. The van der Waals surface area contributed by atoms with E-state index in [4.69, 9.17) is 11.6 Å². The summed E-state index contributed by atoms with van der Waals surface area (Å²) in [6.07, 6.45) is 9.45. The van der Waals surface area contributed by atoms with Gasteiger partial charge in [0.1, 0.15) is 5.02 Å². The van der Waals surface area contributed by atoms with Crippen LogP contribution in [-0.4, -0.2) is 19.9 Å². The van der Waals surface area contributed by atoms with Crippen molar-refractivity contribution in [3.05, 3.63) is 56.8 Å². The Balaban J connectivity index is 0. The van der Waals surface area contributed by atoms with Gasteiger partial charge < -0.3 is 9.97 Å². The van der Waals surface area contributed by atoms with Crippen LogP contribution in [0.3, 0.4) is 0 Å². The van der Waals surface area contributed by atoms with Gasteiger partial charge in [0.2, 0.25) is 0 Å². The van der Waals surface area contributed by atoms with Crippen molar-refractivity contribution in [1.29, 1.82) is 0 Å². The fraction of sp³-hybridized carbons (Fsp3) is 0.467. The lowest BCUT2D eigenvalue weighted by Crippen LogP contribution is -2.04. The second-order valence-electron chi connectivity index (χ2n) is 3.68.